The van der Waals surface area contributed by atoms with Gasteiger partial charge in [0.25, 0.3) is 0 Å². The highest BCUT2D eigenvalue weighted by Gasteiger charge is 2.46. The van der Waals surface area contributed by atoms with Crippen LogP contribution in [-0.4, -0.2) is 20.8 Å². The summed E-state index contributed by atoms with van der Waals surface area (Å²) in [6.07, 6.45) is -0.455. The first-order valence-corrected chi connectivity index (χ1v) is 26.8. The molecule has 5 nitrogen and oxygen atoms in total. The maximum absolute atomic E-state index is 5.69. The van der Waals surface area contributed by atoms with E-state index >= 15 is 0 Å². The van der Waals surface area contributed by atoms with Crippen LogP contribution in [0.25, 0.3) is 86.3 Å². The van der Waals surface area contributed by atoms with Gasteiger partial charge in [-0.25, -0.2) is 9.98 Å². The van der Waals surface area contributed by atoms with E-state index < -0.39 is 11.6 Å². The highest BCUT2D eigenvalue weighted by Crippen LogP contribution is 2.56. The summed E-state index contributed by atoms with van der Waals surface area (Å²) in [5, 5.41) is 11.2. The standard InChI is InChI=1S/C70H45N5S/c1-5-21-44(22-6-1)67-71-68(45-37-38-51-50-29-13-17-33-57(50)70(58(51)39-45,47-23-7-2-8-24-47)48-25-9-3-10-26-48)73-69(72-67)46-40-63(66-54-32-16-20-36-64(54)76-65(66)41-46)75-60-35-19-15-31-53(60)56-42-55-52-30-14-18-34-59(52)74(61(55)43-62(56)75)49-27-11-4-12-28-49/h1-43,68H,(H,71,72,73). The van der Waals surface area contributed by atoms with Gasteiger partial charge in [0.05, 0.1) is 33.2 Å². The van der Waals surface area contributed by atoms with E-state index in [0.717, 1.165) is 50.5 Å². The smallest absolute Gasteiger partial charge is 0.159 e. The van der Waals surface area contributed by atoms with Gasteiger partial charge in [-0.2, -0.15) is 0 Å². The van der Waals surface area contributed by atoms with Gasteiger partial charge in [0.15, 0.2) is 5.84 Å². The molecule has 0 fully saturated rings. The average Bonchev–Trinajstić information content (AvgIpc) is 4.34. The SMILES string of the molecule is c1ccc(C2=NC(c3cc(-n4c5ccccc5c5cc6c7ccccc7n(-c7ccccc7)c6cc54)c4c(c3)sc3ccccc34)=NC(c3ccc4c(c3)C(c3ccccc3)(c3ccccc3)c3ccccc3-4)N2)cc1. The van der Waals surface area contributed by atoms with E-state index in [1.807, 2.05) is 11.3 Å². The molecule has 0 spiro atoms. The average molecular weight is 988 g/mol. The molecule has 0 bridgehead atoms. The van der Waals surface area contributed by atoms with Crippen LogP contribution in [0.1, 0.15) is 45.1 Å². The molecule has 0 saturated heterocycles. The summed E-state index contributed by atoms with van der Waals surface area (Å²) in [5.41, 5.74) is 16.8. The van der Waals surface area contributed by atoms with Crippen LogP contribution in [0.15, 0.2) is 271 Å². The Kier molecular flexibility index (Phi) is 9.42. The molecule has 1 aliphatic carbocycles. The zero-order chi connectivity index (χ0) is 49.9. The van der Waals surface area contributed by atoms with Crippen molar-refractivity contribution >= 4 is 86.8 Å². The highest BCUT2D eigenvalue weighted by molar-refractivity contribution is 7.26. The fourth-order valence-electron chi connectivity index (χ4n) is 12.8. The molecular formula is C70H45N5S. The van der Waals surface area contributed by atoms with Crippen molar-refractivity contribution in [3.05, 3.63) is 300 Å². The number of fused-ring (bicyclic) bond motifs is 12. The molecular weight excluding hydrogens is 943 g/mol. The Hall–Kier alpha value is -9.62. The van der Waals surface area contributed by atoms with Gasteiger partial charge in [0.1, 0.15) is 12.0 Å². The largest absolute Gasteiger partial charge is 0.344 e. The van der Waals surface area contributed by atoms with E-state index in [-0.39, 0.29) is 0 Å². The molecule has 0 amide bonds. The van der Waals surface area contributed by atoms with Crippen molar-refractivity contribution in [1.29, 1.82) is 0 Å². The van der Waals surface area contributed by atoms with Gasteiger partial charge in [0, 0.05) is 58.5 Å². The van der Waals surface area contributed by atoms with Crippen molar-refractivity contribution in [3.63, 3.8) is 0 Å². The maximum Gasteiger partial charge on any atom is 0.159 e. The van der Waals surface area contributed by atoms with E-state index in [1.165, 1.54) is 80.6 Å². The van der Waals surface area contributed by atoms with Crippen molar-refractivity contribution in [2.24, 2.45) is 9.98 Å². The molecule has 14 aromatic rings. The number of amidine groups is 2. The van der Waals surface area contributed by atoms with Crippen LogP contribution >= 0.6 is 11.3 Å². The molecule has 2 aliphatic rings. The van der Waals surface area contributed by atoms with Crippen LogP contribution in [0.4, 0.5) is 0 Å². The first kappa shape index (κ1) is 42.8. The van der Waals surface area contributed by atoms with Crippen molar-refractivity contribution in [1.82, 2.24) is 14.5 Å². The van der Waals surface area contributed by atoms with E-state index in [2.05, 4.69) is 275 Å². The topological polar surface area (TPSA) is 46.6 Å². The van der Waals surface area contributed by atoms with E-state index in [0.29, 0.717) is 5.84 Å². The number of hydrogen-bond donors (Lipinski definition) is 1. The maximum atomic E-state index is 5.69. The quantitative estimate of drug-likeness (QED) is 0.170. The van der Waals surface area contributed by atoms with E-state index in [4.69, 9.17) is 9.98 Å². The number of nitrogens with one attached hydrogen (secondary N) is 1. The van der Waals surface area contributed by atoms with Crippen molar-refractivity contribution in [2.45, 2.75) is 11.6 Å². The molecule has 0 saturated carbocycles. The molecule has 11 aromatic carbocycles. The van der Waals surface area contributed by atoms with Crippen molar-refractivity contribution < 1.29 is 0 Å². The molecule has 1 atom stereocenters. The van der Waals surface area contributed by atoms with E-state index in [9.17, 15) is 0 Å². The van der Waals surface area contributed by atoms with Gasteiger partial charge >= 0.3 is 0 Å². The summed E-state index contributed by atoms with van der Waals surface area (Å²) < 4.78 is 7.34. The third-order valence-corrected chi connectivity index (χ3v) is 17.1. The van der Waals surface area contributed by atoms with Crippen LogP contribution in [-0.2, 0) is 5.41 Å². The Balaban J connectivity index is 0.947. The fourth-order valence-corrected chi connectivity index (χ4v) is 14.0. The number of aliphatic imine (C=N–C) groups is 2. The summed E-state index contributed by atoms with van der Waals surface area (Å²) >= 11 is 1.83. The van der Waals surface area contributed by atoms with Crippen molar-refractivity contribution in [2.75, 3.05) is 0 Å². The molecule has 1 unspecified atom stereocenters. The van der Waals surface area contributed by atoms with Crippen LogP contribution in [0.5, 0.6) is 0 Å². The van der Waals surface area contributed by atoms with Crippen LogP contribution < -0.4 is 5.32 Å². The Bertz CT molecular complexity index is 4680. The normalized spacial score (nSPS) is 14.8. The number of nitrogens with zero attached hydrogens (tertiary/aromatic N) is 4. The second-order valence-corrected chi connectivity index (χ2v) is 21.1. The first-order valence-electron chi connectivity index (χ1n) is 26.0. The number of benzene rings is 11. The van der Waals surface area contributed by atoms with Crippen LogP contribution in [0, 0.1) is 0 Å². The molecule has 356 valence electrons. The Morgan fingerprint density at radius 2 is 0.987 bits per heavy atom. The zero-order valence-electron chi connectivity index (χ0n) is 41.1. The zero-order valence-corrected chi connectivity index (χ0v) is 41.9. The lowest BCUT2D eigenvalue weighted by molar-refractivity contribution is 0.670. The lowest BCUT2D eigenvalue weighted by Crippen LogP contribution is -2.34. The third kappa shape index (κ3) is 6.25. The molecule has 6 heteroatoms. The summed E-state index contributed by atoms with van der Waals surface area (Å²) in [5.74, 6) is 1.46. The molecule has 16 rings (SSSR count). The second-order valence-electron chi connectivity index (χ2n) is 20.1. The van der Waals surface area contributed by atoms with Gasteiger partial charge in [-0.1, -0.05) is 200 Å². The number of para-hydroxylation sites is 3. The summed E-state index contributed by atoms with van der Waals surface area (Å²) in [7, 11) is 0. The minimum absolute atomic E-state index is 0.455. The van der Waals surface area contributed by atoms with Crippen molar-refractivity contribution in [3.8, 4) is 22.5 Å². The van der Waals surface area contributed by atoms with Gasteiger partial charge in [-0.15, -0.1) is 11.3 Å². The number of thiophene rings is 1. The highest BCUT2D eigenvalue weighted by atomic mass is 32.1. The number of aromatic nitrogens is 2. The van der Waals surface area contributed by atoms with Crippen LogP contribution in [0.3, 0.4) is 0 Å². The molecule has 4 heterocycles. The monoisotopic (exact) mass is 987 g/mol. The van der Waals surface area contributed by atoms with Gasteiger partial charge < -0.3 is 14.5 Å². The molecule has 1 N–H and O–H groups in total. The minimum Gasteiger partial charge on any atom is -0.344 e. The number of hydrogen-bond acceptors (Lipinski definition) is 4. The fraction of sp³-hybridized carbons (Fsp3) is 0.0286. The lowest BCUT2D eigenvalue weighted by Gasteiger charge is -2.34. The minimum atomic E-state index is -0.549. The summed E-state index contributed by atoms with van der Waals surface area (Å²) in [6.45, 7) is 0. The number of rotatable bonds is 7. The van der Waals surface area contributed by atoms with Gasteiger partial charge in [-0.3, -0.25) is 0 Å². The first-order chi connectivity index (χ1) is 37.7. The van der Waals surface area contributed by atoms with Gasteiger partial charge in [-0.05, 0) is 99.6 Å². The van der Waals surface area contributed by atoms with Crippen LogP contribution in [0.2, 0.25) is 0 Å². The molecule has 0 radical (unpaired) electrons. The molecule has 76 heavy (non-hydrogen) atoms. The Morgan fingerprint density at radius 3 is 1.71 bits per heavy atom. The summed E-state index contributed by atoms with van der Waals surface area (Å²) in [4.78, 5) is 11.2. The molecule has 1 aliphatic heterocycles. The van der Waals surface area contributed by atoms with E-state index in [1.54, 1.807) is 0 Å². The summed E-state index contributed by atoms with van der Waals surface area (Å²) in [6, 6.07) is 95.2. The molecule has 3 aromatic heterocycles. The second kappa shape index (κ2) is 16.7. The third-order valence-electron chi connectivity index (χ3n) is 16.0. The Morgan fingerprint density at radius 1 is 0.408 bits per heavy atom. The lowest BCUT2D eigenvalue weighted by atomic mass is 9.67. The predicted octanol–water partition coefficient (Wildman–Crippen LogP) is 17.1. The van der Waals surface area contributed by atoms with Gasteiger partial charge in [0.2, 0.25) is 0 Å². The Labute approximate surface area is 442 Å². The predicted molar refractivity (Wildman–Crippen MR) is 317 cm³/mol.